The minimum absolute atomic E-state index is 0.249. The van der Waals surface area contributed by atoms with Gasteiger partial charge in [0.05, 0.1) is 50.6 Å². The van der Waals surface area contributed by atoms with E-state index in [2.05, 4.69) is 137 Å². The Bertz CT molecular complexity index is 3740. The lowest BCUT2D eigenvalue weighted by molar-refractivity contribution is -0.137. The summed E-state index contributed by atoms with van der Waals surface area (Å²) in [6, 6.07) is 77.8. The normalized spacial score (nSPS) is 11.7. The second-order valence-electron chi connectivity index (χ2n) is 17.1. The van der Waals surface area contributed by atoms with Crippen molar-refractivity contribution in [3.63, 3.8) is 0 Å². The predicted molar refractivity (Wildman–Crippen MR) is 272 cm³/mol. The van der Waals surface area contributed by atoms with Gasteiger partial charge < -0.3 is 9.13 Å². The molecule has 12 rings (SSSR count). The van der Waals surface area contributed by atoms with Crippen LogP contribution in [-0.2, 0) is 6.18 Å². The number of nitriles is 1. The van der Waals surface area contributed by atoms with E-state index in [1.54, 1.807) is 12.1 Å². The highest BCUT2D eigenvalue weighted by atomic mass is 19.4. The van der Waals surface area contributed by atoms with Crippen LogP contribution in [0.1, 0.15) is 11.1 Å². The molecule has 0 radical (unpaired) electrons. The van der Waals surface area contributed by atoms with Crippen LogP contribution in [0.3, 0.4) is 0 Å². The van der Waals surface area contributed by atoms with Crippen LogP contribution >= 0.6 is 0 Å². The molecule has 0 aliphatic rings. The van der Waals surface area contributed by atoms with Crippen molar-refractivity contribution in [2.45, 2.75) is 6.18 Å². The van der Waals surface area contributed by atoms with Crippen molar-refractivity contribution in [2.24, 2.45) is 0 Å². The molecule has 0 aliphatic carbocycles. The Hall–Kier alpha value is -8.92. The summed E-state index contributed by atoms with van der Waals surface area (Å²) in [6.45, 7) is 0. The molecule has 0 N–H and O–H groups in total. The Morgan fingerprint density at radius 3 is 1.06 bits per heavy atom. The maximum Gasteiger partial charge on any atom is 0.416 e. The van der Waals surface area contributed by atoms with Gasteiger partial charge in [-0.2, -0.15) is 18.4 Å². The average Bonchev–Trinajstić information content (AvgIpc) is 3.90. The summed E-state index contributed by atoms with van der Waals surface area (Å²) >= 11 is 0. The predicted octanol–water partition coefficient (Wildman–Crippen LogP) is 17.1. The number of hydrogen-bond donors (Lipinski definition) is 0. The summed E-state index contributed by atoms with van der Waals surface area (Å²) in [7, 11) is 0. The average molecular weight is 882 g/mol. The number of rotatable bonds is 7. The van der Waals surface area contributed by atoms with Crippen molar-refractivity contribution >= 4 is 43.6 Å². The van der Waals surface area contributed by atoms with Crippen molar-refractivity contribution in [1.82, 2.24) is 9.13 Å². The molecule has 10 aromatic carbocycles. The second-order valence-corrected chi connectivity index (χ2v) is 17.1. The Morgan fingerprint density at radius 2 is 0.706 bits per heavy atom. The monoisotopic (exact) mass is 881 g/mol. The topological polar surface area (TPSA) is 33.6 Å². The van der Waals surface area contributed by atoms with Gasteiger partial charge in [-0.3, -0.25) is 0 Å². The van der Waals surface area contributed by atoms with Gasteiger partial charge in [0, 0.05) is 32.7 Å². The van der Waals surface area contributed by atoms with E-state index < -0.39 is 11.7 Å². The third-order valence-electron chi connectivity index (χ3n) is 13.2. The molecule has 3 nitrogen and oxygen atoms in total. The fraction of sp³-hybridized carbons (Fsp3) is 0.0161. The molecule has 0 bridgehead atoms. The third-order valence-corrected chi connectivity index (χ3v) is 13.2. The summed E-state index contributed by atoms with van der Waals surface area (Å²) < 4.78 is 49.6. The van der Waals surface area contributed by atoms with Gasteiger partial charge in [-0.15, -0.1) is 0 Å². The molecule has 6 heteroatoms. The molecule has 0 fully saturated rings. The van der Waals surface area contributed by atoms with Crippen molar-refractivity contribution in [3.8, 4) is 73.1 Å². The Balaban J connectivity index is 1.16. The first-order valence-corrected chi connectivity index (χ1v) is 22.5. The summed E-state index contributed by atoms with van der Waals surface area (Å²) in [5, 5.41) is 14.9. The van der Waals surface area contributed by atoms with Crippen LogP contribution in [0.5, 0.6) is 0 Å². The number of nitrogens with zero attached hydrogens (tertiary/aromatic N) is 3. The second kappa shape index (κ2) is 16.2. The van der Waals surface area contributed by atoms with E-state index in [0.29, 0.717) is 16.9 Å². The third kappa shape index (κ3) is 6.83. The van der Waals surface area contributed by atoms with Crippen LogP contribution in [0.15, 0.2) is 231 Å². The number of halogens is 3. The fourth-order valence-electron chi connectivity index (χ4n) is 10.0. The Morgan fingerprint density at radius 1 is 0.338 bits per heavy atom. The van der Waals surface area contributed by atoms with Crippen molar-refractivity contribution < 1.29 is 13.2 Å². The van der Waals surface area contributed by atoms with Crippen LogP contribution in [0.2, 0.25) is 0 Å². The first kappa shape index (κ1) is 40.6. The molecule has 0 amide bonds. The van der Waals surface area contributed by atoms with Gasteiger partial charge in [-0.1, -0.05) is 152 Å². The molecule has 2 aromatic heterocycles. The first-order valence-electron chi connectivity index (χ1n) is 22.5. The van der Waals surface area contributed by atoms with Gasteiger partial charge in [0.2, 0.25) is 0 Å². The molecular weight excluding hydrogens is 844 g/mol. The molecule has 68 heavy (non-hydrogen) atoms. The van der Waals surface area contributed by atoms with E-state index in [-0.39, 0.29) is 11.1 Å². The van der Waals surface area contributed by atoms with Crippen LogP contribution in [-0.4, -0.2) is 9.13 Å². The highest BCUT2D eigenvalue weighted by molar-refractivity contribution is 6.14. The summed E-state index contributed by atoms with van der Waals surface area (Å²) in [5.74, 6) is 0. The summed E-state index contributed by atoms with van der Waals surface area (Å²) in [4.78, 5) is 0. The minimum Gasteiger partial charge on any atom is -0.309 e. The van der Waals surface area contributed by atoms with Gasteiger partial charge in [0.15, 0.2) is 0 Å². The molecule has 0 saturated heterocycles. The van der Waals surface area contributed by atoms with E-state index in [1.165, 1.54) is 6.07 Å². The zero-order valence-electron chi connectivity index (χ0n) is 36.4. The zero-order chi connectivity index (χ0) is 45.9. The number of aromatic nitrogens is 2. The van der Waals surface area contributed by atoms with Gasteiger partial charge in [-0.25, -0.2) is 0 Å². The molecule has 0 atom stereocenters. The van der Waals surface area contributed by atoms with Gasteiger partial charge >= 0.3 is 6.18 Å². The Kier molecular flexibility index (Phi) is 9.67. The standard InChI is InChI=1S/C62H38F3N3/c63-62(64,65)49-28-33-59(67-55-29-24-44(40-14-5-1-6-15-40)34-50(55)51-35-45(25-30-56(51)67)41-16-7-2-8-17-41)54(38-49)61-48(39-66)22-13-23-60(61)68-57-31-26-46(42-18-9-3-10-19-42)36-52(57)53-37-47(27-32-58(53)68)43-20-11-4-12-21-43/h1-38H. The Labute approximate surface area is 390 Å². The van der Waals surface area contributed by atoms with Crippen molar-refractivity contribution in [1.29, 1.82) is 5.26 Å². The smallest absolute Gasteiger partial charge is 0.309 e. The minimum atomic E-state index is -4.67. The zero-order valence-corrected chi connectivity index (χ0v) is 36.4. The molecule has 0 unspecified atom stereocenters. The summed E-state index contributed by atoms with van der Waals surface area (Å²) in [6.07, 6.45) is -4.67. The molecule has 0 spiro atoms. The molecule has 322 valence electrons. The molecular formula is C62H38F3N3. The number of fused-ring (bicyclic) bond motifs is 6. The quantitative estimate of drug-likeness (QED) is 0.157. The van der Waals surface area contributed by atoms with E-state index in [0.717, 1.165) is 94.2 Å². The highest BCUT2D eigenvalue weighted by Gasteiger charge is 2.33. The lowest BCUT2D eigenvalue weighted by atomic mass is 9.94. The van der Waals surface area contributed by atoms with E-state index in [4.69, 9.17) is 0 Å². The number of alkyl halides is 3. The van der Waals surface area contributed by atoms with Crippen molar-refractivity contribution in [3.05, 3.63) is 242 Å². The van der Waals surface area contributed by atoms with E-state index in [1.807, 2.05) is 84.9 Å². The molecule has 2 heterocycles. The first-order chi connectivity index (χ1) is 33.3. The van der Waals surface area contributed by atoms with Crippen LogP contribution in [0, 0.1) is 11.3 Å². The molecule has 0 saturated carbocycles. The van der Waals surface area contributed by atoms with E-state index >= 15 is 13.2 Å². The van der Waals surface area contributed by atoms with Gasteiger partial charge in [0.1, 0.15) is 0 Å². The maximum atomic E-state index is 15.1. The van der Waals surface area contributed by atoms with Gasteiger partial charge in [-0.05, 0) is 123 Å². The lowest BCUT2D eigenvalue weighted by Gasteiger charge is -2.21. The van der Waals surface area contributed by atoms with Crippen LogP contribution in [0.4, 0.5) is 13.2 Å². The van der Waals surface area contributed by atoms with Crippen LogP contribution < -0.4 is 0 Å². The SMILES string of the molecule is N#Cc1cccc(-n2c3ccc(-c4ccccc4)cc3c3cc(-c4ccccc4)ccc32)c1-c1cc(C(F)(F)F)ccc1-n1c2ccc(-c3ccccc3)cc2c2cc(-c3ccccc3)ccc21. The molecule has 0 aliphatic heterocycles. The summed E-state index contributed by atoms with van der Waals surface area (Å²) in [5.41, 5.74) is 12.9. The number of hydrogen-bond acceptors (Lipinski definition) is 1. The van der Waals surface area contributed by atoms with Crippen molar-refractivity contribution in [2.75, 3.05) is 0 Å². The lowest BCUT2D eigenvalue weighted by Crippen LogP contribution is -2.08. The van der Waals surface area contributed by atoms with Gasteiger partial charge in [0.25, 0.3) is 0 Å². The van der Waals surface area contributed by atoms with E-state index in [9.17, 15) is 5.26 Å². The largest absolute Gasteiger partial charge is 0.416 e. The van der Waals surface area contributed by atoms with Crippen LogP contribution in [0.25, 0.3) is 111 Å². The number of benzene rings is 10. The highest BCUT2D eigenvalue weighted by Crippen LogP contribution is 2.46. The maximum absolute atomic E-state index is 15.1. The molecule has 12 aromatic rings. The fourth-order valence-corrected chi connectivity index (χ4v) is 10.0.